The van der Waals surface area contributed by atoms with Crippen LogP contribution in [0.3, 0.4) is 0 Å². The lowest BCUT2D eigenvalue weighted by atomic mass is 9.54. The molecular weight excluding hydrogens is 328 g/mol. The number of nitrogens with zero attached hydrogens (tertiary/aromatic N) is 2. The largest absolute Gasteiger partial charge is 0.381 e. The Balaban J connectivity index is 1.25. The van der Waals surface area contributed by atoms with Crippen molar-refractivity contribution < 1.29 is 9.53 Å². The molecule has 2 aromatic rings. The number of aromatic amines is 1. The maximum Gasteiger partial charge on any atom is 0.318 e. The number of carbonyl (C=O) groups is 1. The molecule has 1 atom stereocenters. The number of H-pyrrole nitrogens is 1. The molecule has 5 rings (SSSR count). The summed E-state index contributed by atoms with van der Waals surface area (Å²) in [6.07, 6.45) is 7.93. The topological polar surface area (TPSA) is 70.2 Å². The quantitative estimate of drug-likeness (QED) is 0.890. The van der Waals surface area contributed by atoms with E-state index in [1.807, 2.05) is 24.4 Å². The van der Waals surface area contributed by atoms with E-state index in [-0.39, 0.29) is 6.03 Å². The first-order valence-corrected chi connectivity index (χ1v) is 9.80. The van der Waals surface area contributed by atoms with Crippen LogP contribution in [0.2, 0.25) is 0 Å². The van der Waals surface area contributed by atoms with Crippen LogP contribution in [0.4, 0.5) is 4.79 Å². The van der Waals surface area contributed by atoms with E-state index in [0.29, 0.717) is 23.9 Å². The minimum absolute atomic E-state index is 0.0624. The second-order valence-electron chi connectivity index (χ2n) is 8.12. The Morgan fingerprint density at radius 2 is 2.15 bits per heavy atom. The van der Waals surface area contributed by atoms with Gasteiger partial charge in [-0.15, -0.1) is 0 Å². The number of hydrogen-bond donors (Lipinski definition) is 2. The summed E-state index contributed by atoms with van der Waals surface area (Å²) in [5.41, 5.74) is 2.16. The van der Waals surface area contributed by atoms with Crippen molar-refractivity contribution in [3.8, 4) is 0 Å². The number of hydrogen-bond acceptors (Lipinski definition) is 3. The van der Waals surface area contributed by atoms with Crippen molar-refractivity contribution in [2.75, 3.05) is 19.8 Å². The van der Waals surface area contributed by atoms with Crippen LogP contribution >= 0.6 is 0 Å². The first-order valence-electron chi connectivity index (χ1n) is 9.80. The molecular formula is C20H26N4O2. The number of likely N-dealkylation sites (tertiary alicyclic amines) is 1. The summed E-state index contributed by atoms with van der Waals surface area (Å²) in [4.78, 5) is 22.6. The van der Waals surface area contributed by atoms with Gasteiger partial charge in [-0.05, 0) is 49.8 Å². The van der Waals surface area contributed by atoms with Crippen molar-refractivity contribution in [2.24, 2.45) is 11.3 Å². The Kier molecular flexibility index (Phi) is 3.89. The third-order valence-corrected chi connectivity index (χ3v) is 6.66. The fraction of sp³-hybridized carbons (Fsp3) is 0.600. The first kappa shape index (κ1) is 16.1. The number of amides is 2. The van der Waals surface area contributed by atoms with Crippen molar-refractivity contribution >= 4 is 17.1 Å². The predicted octanol–water partition coefficient (Wildman–Crippen LogP) is 3.05. The lowest BCUT2D eigenvalue weighted by Gasteiger charge is -2.64. The number of nitrogens with one attached hydrogen (secondary N) is 2. The van der Waals surface area contributed by atoms with E-state index in [1.165, 1.54) is 19.3 Å². The van der Waals surface area contributed by atoms with Gasteiger partial charge in [0, 0.05) is 42.8 Å². The van der Waals surface area contributed by atoms with Crippen LogP contribution in [0.5, 0.6) is 0 Å². The van der Waals surface area contributed by atoms with Crippen LogP contribution in [0.15, 0.2) is 24.4 Å². The monoisotopic (exact) mass is 354 g/mol. The zero-order valence-corrected chi connectivity index (χ0v) is 15.0. The van der Waals surface area contributed by atoms with Crippen molar-refractivity contribution in [3.05, 3.63) is 30.1 Å². The van der Waals surface area contributed by atoms with Crippen LogP contribution in [-0.4, -0.2) is 46.7 Å². The molecule has 6 nitrogen and oxygen atoms in total. The molecule has 2 saturated heterocycles. The highest BCUT2D eigenvalue weighted by Gasteiger charge is 2.59. The molecule has 0 bridgehead atoms. The number of carbonyl (C=O) groups excluding carboxylic acids is 1. The van der Waals surface area contributed by atoms with Crippen molar-refractivity contribution in [2.45, 2.75) is 44.7 Å². The third kappa shape index (κ3) is 2.58. The molecule has 26 heavy (non-hydrogen) atoms. The number of pyridine rings is 1. The van der Waals surface area contributed by atoms with Gasteiger partial charge in [0.2, 0.25) is 0 Å². The number of fused-ring (bicyclic) bond motifs is 1. The average molecular weight is 354 g/mol. The van der Waals surface area contributed by atoms with E-state index in [2.05, 4.69) is 20.2 Å². The Morgan fingerprint density at radius 1 is 1.31 bits per heavy atom. The lowest BCUT2D eigenvalue weighted by molar-refractivity contribution is -0.137. The van der Waals surface area contributed by atoms with Crippen molar-refractivity contribution in [1.29, 1.82) is 0 Å². The summed E-state index contributed by atoms with van der Waals surface area (Å²) in [6, 6.07) is 6.49. The van der Waals surface area contributed by atoms with E-state index < -0.39 is 0 Å². The lowest BCUT2D eigenvalue weighted by Crippen LogP contribution is -2.72. The third-order valence-electron chi connectivity index (χ3n) is 6.66. The van der Waals surface area contributed by atoms with Gasteiger partial charge in [-0.2, -0.15) is 0 Å². The molecule has 1 aliphatic carbocycles. The number of aromatic nitrogens is 2. The molecule has 3 fully saturated rings. The molecule has 2 N–H and O–H groups in total. The van der Waals surface area contributed by atoms with E-state index >= 15 is 0 Å². The normalized spacial score (nSPS) is 25.1. The summed E-state index contributed by atoms with van der Waals surface area (Å²) in [5, 5.41) is 4.18. The van der Waals surface area contributed by atoms with Gasteiger partial charge in [-0.3, -0.25) is 0 Å². The molecule has 2 aliphatic heterocycles. The smallest absolute Gasteiger partial charge is 0.318 e. The molecule has 4 heterocycles. The van der Waals surface area contributed by atoms with Crippen LogP contribution in [0, 0.1) is 11.3 Å². The molecule has 138 valence electrons. The highest BCUT2D eigenvalue weighted by Crippen LogP contribution is 2.56. The van der Waals surface area contributed by atoms with Crippen molar-refractivity contribution in [3.63, 3.8) is 0 Å². The molecule has 0 radical (unpaired) electrons. The maximum absolute atomic E-state index is 12.8. The highest BCUT2D eigenvalue weighted by molar-refractivity contribution is 5.77. The molecule has 2 amide bonds. The maximum atomic E-state index is 12.8. The molecule has 1 spiro atoms. The van der Waals surface area contributed by atoms with E-state index in [9.17, 15) is 4.79 Å². The Bertz CT molecular complexity index is 807. The van der Waals surface area contributed by atoms with E-state index in [0.717, 1.165) is 49.3 Å². The van der Waals surface area contributed by atoms with Gasteiger partial charge in [-0.25, -0.2) is 9.78 Å². The Morgan fingerprint density at radius 3 is 2.92 bits per heavy atom. The van der Waals surface area contributed by atoms with Crippen LogP contribution in [0.1, 0.15) is 37.8 Å². The van der Waals surface area contributed by atoms with E-state index in [1.54, 1.807) is 0 Å². The fourth-order valence-corrected chi connectivity index (χ4v) is 5.16. The van der Waals surface area contributed by atoms with Crippen molar-refractivity contribution in [1.82, 2.24) is 20.2 Å². The Hall–Kier alpha value is -2.08. The minimum atomic E-state index is 0.0624. The number of ether oxygens (including phenoxy) is 1. The highest BCUT2D eigenvalue weighted by atomic mass is 16.5. The summed E-state index contributed by atoms with van der Waals surface area (Å²) in [5.74, 6) is 0.594. The second kappa shape index (κ2) is 6.27. The van der Waals surface area contributed by atoms with Gasteiger partial charge >= 0.3 is 6.03 Å². The summed E-state index contributed by atoms with van der Waals surface area (Å²) in [6.45, 7) is 3.07. The molecule has 6 heteroatoms. The summed E-state index contributed by atoms with van der Waals surface area (Å²) < 4.78 is 5.54. The molecule has 3 aliphatic rings. The van der Waals surface area contributed by atoms with Gasteiger partial charge in [0.05, 0.1) is 12.2 Å². The molecule has 0 aromatic carbocycles. The standard InChI is InChI=1S/C20H26N4O2/c25-19(22-12-16-3-2-15-4-9-21-18(15)23-16)24-13-20(7-1-8-20)17(24)14-5-10-26-11-6-14/h2-4,9,14,17H,1,5-8,10-13H2,(H,21,23)(H,22,25). The number of urea groups is 1. The minimum Gasteiger partial charge on any atom is -0.381 e. The van der Waals surface area contributed by atoms with Crippen LogP contribution < -0.4 is 5.32 Å². The van der Waals surface area contributed by atoms with E-state index in [4.69, 9.17) is 4.74 Å². The first-order chi connectivity index (χ1) is 12.8. The SMILES string of the molecule is O=C(NCc1ccc2cc[nH]c2n1)N1CC2(CCC2)C1C1CCOCC1. The molecule has 2 aromatic heterocycles. The molecule has 1 unspecified atom stereocenters. The van der Waals surface area contributed by atoms with Gasteiger partial charge in [0.25, 0.3) is 0 Å². The van der Waals surface area contributed by atoms with Gasteiger partial charge in [0.1, 0.15) is 5.65 Å². The van der Waals surface area contributed by atoms with Gasteiger partial charge in [-0.1, -0.05) is 6.42 Å². The van der Waals surface area contributed by atoms with Gasteiger partial charge in [0.15, 0.2) is 0 Å². The zero-order chi connectivity index (χ0) is 17.6. The predicted molar refractivity (Wildman–Crippen MR) is 98.7 cm³/mol. The van der Waals surface area contributed by atoms with Crippen LogP contribution in [-0.2, 0) is 11.3 Å². The second-order valence-corrected chi connectivity index (χ2v) is 8.12. The number of rotatable bonds is 3. The average Bonchev–Trinajstić information content (AvgIpc) is 3.06. The fourth-order valence-electron chi connectivity index (χ4n) is 5.16. The Labute approximate surface area is 153 Å². The zero-order valence-electron chi connectivity index (χ0n) is 15.0. The molecule has 1 saturated carbocycles. The summed E-state index contributed by atoms with van der Waals surface area (Å²) in [7, 11) is 0. The van der Waals surface area contributed by atoms with Gasteiger partial charge < -0.3 is 19.9 Å². The summed E-state index contributed by atoms with van der Waals surface area (Å²) >= 11 is 0. The van der Waals surface area contributed by atoms with Crippen LogP contribution in [0.25, 0.3) is 11.0 Å².